The summed E-state index contributed by atoms with van der Waals surface area (Å²) in [5.41, 5.74) is 1.22. The molecular weight excluding hydrogens is 246 g/mol. The molecule has 0 saturated carbocycles. The fraction of sp³-hybridized carbons (Fsp3) is 0.500. The number of rotatable bonds is 1. The van der Waals surface area contributed by atoms with Crippen molar-refractivity contribution in [1.82, 2.24) is 24.5 Å². The van der Waals surface area contributed by atoms with Gasteiger partial charge in [-0.15, -0.1) is 0 Å². The first kappa shape index (κ1) is 12.0. The van der Waals surface area contributed by atoms with Crippen LogP contribution < -0.4 is 0 Å². The van der Waals surface area contributed by atoms with Crippen LogP contribution in [0.3, 0.4) is 0 Å². The van der Waals surface area contributed by atoms with Crippen LogP contribution in [0.25, 0.3) is 5.78 Å². The highest BCUT2D eigenvalue weighted by atomic mass is 16.3. The Labute approximate surface area is 109 Å². The summed E-state index contributed by atoms with van der Waals surface area (Å²) in [7, 11) is 0. The van der Waals surface area contributed by atoms with Crippen molar-refractivity contribution >= 4 is 11.7 Å². The normalized spacial score (nSPS) is 19.9. The van der Waals surface area contributed by atoms with Gasteiger partial charge >= 0.3 is 0 Å². The number of likely N-dealkylation sites (tertiary alicyclic amines) is 1. The van der Waals surface area contributed by atoms with Crippen molar-refractivity contribution in [3.05, 3.63) is 23.8 Å². The number of hydrogen-bond acceptors (Lipinski definition) is 5. The van der Waals surface area contributed by atoms with Crippen LogP contribution in [-0.4, -0.2) is 54.7 Å². The van der Waals surface area contributed by atoms with Crippen molar-refractivity contribution < 1.29 is 9.90 Å². The standard InChI is InChI=1S/C12H15N5O2/c1-8-10(5-13-12-14-7-15-17(8)12)11(19)16-4-2-3-9(18)6-16/h5,7,9,18H,2-4,6H2,1H3/t9-/m0/s1. The monoisotopic (exact) mass is 261 g/mol. The lowest BCUT2D eigenvalue weighted by atomic mass is 10.1. The molecule has 3 rings (SSSR count). The van der Waals surface area contributed by atoms with E-state index in [9.17, 15) is 9.90 Å². The van der Waals surface area contributed by atoms with Crippen molar-refractivity contribution in [1.29, 1.82) is 0 Å². The Kier molecular flexibility index (Phi) is 2.90. The van der Waals surface area contributed by atoms with E-state index in [1.165, 1.54) is 12.5 Å². The van der Waals surface area contributed by atoms with E-state index in [0.29, 0.717) is 30.1 Å². The number of nitrogens with zero attached hydrogens (tertiary/aromatic N) is 5. The Morgan fingerprint density at radius 3 is 3.11 bits per heavy atom. The van der Waals surface area contributed by atoms with Gasteiger partial charge in [0.2, 0.25) is 0 Å². The SMILES string of the molecule is Cc1c(C(=O)N2CCC[C@H](O)C2)cnc2ncnn12. The molecule has 7 heteroatoms. The van der Waals surface area contributed by atoms with E-state index in [4.69, 9.17) is 0 Å². The van der Waals surface area contributed by atoms with Crippen molar-refractivity contribution in [2.45, 2.75) is 25.9 Å². The molecule has 0 aromatic carbocycles. The van der Waals surface area contributed by atoms with Crippen LogP contribution in [0, 0.1) is 6.92 Å². The molecule has 1 fully saturated rings. The number of hydrogen-bond donors (Lipinski definition) is 1. The molecule has 0 bridgehead atoms. The number of aliphatic hydroxyl groups is 1. The van der Waals surface area contributed by atoms with E-state index >= 15 is 0 Å². The lowest BCUT2D eigenvalue weighted by Gasteiger charge is -2.30. The summed E-state index contributed by atoms with van der Waals surface area (Å²) >= 11 is 0. The molecule has 100 valence electrons. The smallest absolute Gasteiger partial charge is 0.257 e. The fourth-order valence-corrected chi connectivity index (χ4v) is 2.41. The van der Waals surface area contributed by atoms with Crippen LogP contribution in [-0.2, 0) is 0 Å². The van der Waals surface area contributed by atoms with Crippen LogP contribution in [0.15, 0.2) is 12.5 Å². The second-order valence-electron chi connectivity index (χ2n) is 4.78. The van der Waals surface area contributed by atoms with E-state index in [-0.39, 0.29) is 5.91 Å². The maximum absolute atomic E-state index is 12.4. The van der Waals surface area contributed by atoms with Crippen LogP contribution in [0.4, 0.5) is 0 Å². The van der Waals surface area contributed by atoms with E-state index < -0.39 is 6.10 Å². The van der Waals surface area contributed by atoms with Crippen molar-refractivity contribution in [3.63, 3.8) is 0 Å². The fourth-order valence-electron chi connectivity index (χ4n) is 2.41. The second-order valence-corrected chi connectivity index (χ2v) is 4.78. The van der Waals surface area contributed by atoms with E-state index in [0.717, 1.165) is 12.8 Å². The Hall–Kier alpha value is -2.02. The molecule has 2 aromatic heterocycles. The van der Waals surface area contributed by atoms with Gasteiger partial charge in [-0.3, -0.25) is 4.79 Å². The summed E-state index contributed by atoms with van der Waals surface area (Å²) in [6, 6.07) is 0. The number of piperidine rings is 1. The third-order valence-electron chi connectivity index (χ3n) is 3.46. The van der Waals surface area contributed by atoms with Gasteiger partial charge in [0, 0.05) is 19.3 Å². The first-order chi connectivity index (χ1) is 9.16. The molecule has 3 heterocycles. The van der Waals surface area contributed by atoms with Gasteiger partial charge in [0.1, 0.15) is 6.33 Å². The molecule has 0 spiro atoms. The van der Waals surface area contributed by atoms with Crippen LogP contribution in [0.5, 0.6) is 0 Å². The van der Waals surface area contributed by atoms with Crippen LogP contribution in [0.1, 0.15) is 28.9 Å². The van der Waals surface area contributed by atoms with Crippen molar-refractivity contribution in [2.75, 3.05) is 13.1 Å². The van der Waals surface area contributed by atoms with Crippen molar-refractivity contribution in [2.24, 2.45) is 0 Å². The zero-order valence-corrected chi connectivity index (χ0v) is 10.7. The van der Waals surface area contributed by atoms with Crippen LogP contribution in [0.2, 0.25) is 0 Å². The summed E-state index contributed by atoms with van der Waals surface area (Å²) in [4.78, 5) is 22.2. The first-order valence-corrected chi connectivity index (χ1v) is 6.29. The molecule has 19 heavy (non-hydrogen) atoms. The minimum atomic E-state index is -0.430. The third-order valence-corrected chi connectivity index (χ3v) is 3.46. The van der Waals surface area contributed by atoms with Gasteiger partial charge in [0.05, 0.1) is 17.4 Å². The Bertz CT molecular complexity index is 624. The van der Waals surface area contributed by atoms with E-state index in [2.05, 4.69) is 15.1 Å². The second kappa shape index (κ2) is 4.58. The number of aromatic nitrogens is 4. The Morgan fingerprint density at radius 2 is 2.32 bits per heavy atom. The molecule has 1 aliphatic heterocycles. The number of carbonyl (C=O) groups is 1. The van der Waals surface area contributed by atoms with Gasteiger partial charge in [-0.25, -0.2) is 9.50 Å². The topological polar surface area (TPSA) is 83.6 Å². The maximum Gasteiger partial charge on any atom is 0.257 e. The number of β-amino-alcohol motifs (C(OH)–C–C–N with tert-alkyl or cyclic N) is 1. The average molecular weight is 261 g/mol. The molecule has 1 atom stereocenters. The van der Waals surface area contributed by atoms with Gasteiger partial charge in [-0.05, 0) is 19.8 Å². The Balaban J connectivity index is 1.94. The number of fused-ring (bicyclic) bond motifs is 1. The molecule has 0 unspecified atom stereocenters. The zero-order chi connectivity index (χ0) is 13.4. The highest BCUT2D eigenvalue weighted by Crippen LogP contribution is 2.15. The van der Waals surface area contributed by atoms with E-state index in [1.54, 1.807) is 9.42 Å². The van der Waals surface area contributed by atoms with Crippen LogP contribution >= 0.6 is 0 Å². The minimum absolute atomic E-state index is 0.110. The molecule has 1 amide bonds. The summed E-state index contributed by atoms with van der Waals surface area (Å²) in [5.74, 6) is 0.369. The molecule has 2 aromatic rings. The van der Waals surface area contributed by atoms with Gasteiger partial charge in [0.25, 0.3) is 11.7 Å². The highest BCUT2D eigenvalue weighted by molar-refractivity contribution is 5.95. The molecule has 1 aliphatic rings. The highest BCUT2D eigenvalue weighted by Gasteiger charge is 2.25. The van der Waals surface area contributed by atoms with Crippen molar-refractivity contribution in [3.8, 4) is 0 Å². The van der Waals surface area contributed by atoms with Gasteiger partial charge in [-0.2, -0.15) is 10.1 Å². The summed E-state index contributed by atoms with van der Waals surface area (Å²) < 4.78 is 1.55. The number of aryl methyl sites for hydroxylation is 1. The molecule has 1 saturated heterocycles. The summed E-state index contributed by atoms with van der Waals surface area (Å²) in [6.45, 7) is 2.87. The summed E-state index contributed by atoms with van der Waals surface area (Å²) in [5, 5.41) is 13.7. The third kappa shape index (κ3) is 2.06. The first-order valence-electron chi connectivity index (χ1n) is 6.29. The molecule has 0 radical (unpaired) electrons. The number of aliphatic hydroxyl groups excluding tert-OH is 1. The largest absolute Gasteiger partial charge is 0.391 e. The lowest BCUT2D eigenvalue weighted by Crippen LogP contribution is -2.42. The molecule has 1 N–H and O–H groups in total. The predicted molar refractivity (Wildman–Crippen MR) is 66.7 cm³/mol. The van der Waals surface area contributed by atoms with Gasteiger partial charge in [0.15, 0.2) is 0 Å². The van der Waals surface area contributed by atoms with Gasteiger partial charge < -0.3 is 10.0 Å². The maximum atomic E-state index is 12.4. The molecular formula is C12H15N5O2. The zero-order valence-electron chi connectivity index (χ0n) is 10.7. The quantitative estimate of drug-likeness (QED) is 0.783. The van der Waals surface area contributed by atoms with E-state index in [1.807, 2.05) is 6.92 Å². The molecule has 0 aliphatic carbocycles. The minimum Gasteiger partial charge on any atom is -0.391 e. The Morgan fingerprint density at radius 1 is 1.47 bits per heavy atom. The number of carbonyl (C=O) groups excluding carboxylic acids is 1. The lowest BCUT2D eigenvalue weighted by molar-refractivity contribution is 0.0472. The predicted octanol–water partition coefficient (Wildman–Crippen LogP) is 0.0296. The summed E-state index contributed by atoms with van der Waals surface area (Å²) in [6.07, 6.45) is 4.09. The number of amides is 1. The average Bonchev–Trinajstić information content (AvgIpc) is 2.88. The molecule has 7 nitrogen and oxygen atoms in total. The van der Waals surface area contributed by atoms with Gasteiger partial charge in [-0.1, -0.05) is 0 Å².